The molecule has 0 aliphatic rings. The number of rotatable bonds is 4. The Morgan fingerprint density at radius 1 is 1.06 bits per heavy atom. The molecule has 0 amide bonds. The molecule has 2 aromatic rings. The molecule has 0 N–H and O–H groups in total. The van der Waals surface area contributed by atoms with Crippen LogP contribution in [-0.2, 0) is 0 Å². The summed E-state index contributed by atoms with van der Waals surface area (Å²) in [4.78, 5) is 12.3. The maximum Gasteiger partial charge on any atom is 0.170 e. The summed E-state index contributed by atoms with van der Waals surface area (Å²) in [6.07, 6.45) is 0. The van der Waals surface area contributed by atoms with Crippen molar-refractivity contribution in [3.8, 4) is 5.75 Å². The summed E-state index contributed by atoms with van der Waals surface area (Å²) in [5.74, 6) is 0.742. The van der Waals surface area contributed by atoms with Gasteiger partial charge in [0.15, 0.2) is 5.78 Å². The lowest BCUT2D eigenvalue weighted by Crippen LogP contribution is -2.09. The third-order valence-electron chi connectivity index (χ3n) is 3.05. The molecule has 0 radical (unpaired) electrons. The van der Waals surface area contributed by atoms with Crippen LogP contribution in [0.5, 0.6) is 5.75 Å². The summed E-state index contributed by atoms with van der Waals surface area (Å²) in [5.41, 5.74) is 1.72. The van der Waals surface area contributed by atoms with E-state index in [1.54, 1.807) is 7.11 Å². The lowest BCUT2D eigenvalue weighted by Gasteiger charge is -2.12. The molecular weight excluding hydrogens is 224 g/mol. The fourth-order valence-corrected chi connectivity index (χ4v) is 1.91. The molecule has 0 aliphatic carbocycles. The van der Waals surface area contributed by atoms with Crippen LogP contribution in [0.4, 0.5) is 0 Å². The Morgan fingerprint density at radius 2 is 1.78 bits per heavy atom. The molecule has 0 fully saturated rings. The highest BCUT2D eigenvalue weighted by Gasteiger charge is 2.17. The van der Waals surface area contributed by atoms with E-state index in [-0.39, 0.29) is 11.7 Å². The van der Waals surface area contributed by atoms with Crippen molar-refractivity contribution in [3.05, 3.63) is 65.7 Å². The zero-order valence-corrected chi connectivity index (χ0v) is 10.6. The van der Waals surface area contributed by atoms with Crippen LogP contribution in [0, 0.1) is 0 Å². The van der Waals surface area contributed by atoms with Gasteiger partial charge in [0.1, 0.15) is 5.75 Å². The first-order valence-electron chi connectivity index (χ1n) is 5.95. The third-order valence-corrected chi connectivity index (χ3v) is 3.05. The summed E-state index contributed by atoms with van der Waals surface area (Å²) in [6.45, 7) is 1.92. The van der Waals surface area contributed by atoms with Gasteiger partial charge in [0, 0.05) is 11.5 Å². The first kappa shape index (κ1) is 12.4. The van der Waals surface area contributed by atoms with E-state index in [0.717, 1.165) is 16.9 Å². The smallest absolute Gasteiger partial charge is 0.170 e. The molecule has 0 saturated carbocycles. The SMILES string of the molecule is COc1cccc(C(C)C(=O)c2ccccc2)c1. The van der Waals surface area contributed by atoms with E-state index in [1.165, 1.54) is 0 Å². The van der Waals surface area contributed by atoms with Crippen molar-refractivity contribution in [1.82, 2.24) is 0 Å². The van der Waals surface area contributed by atoms with Crippen molar-refractivity contribution < 1.29 is 9.53 Å². The number of methoxy groups -OCH3 is 1. The Kier molecular flexibility index (Phi) is 3.78. The van der Waals surface area contributed by atoms with E-state index < -0.39 is 0 Å². The Labute approximate surface area is 107 Å². The fourth-order valence-electron chi connectivity index (χ4n) is 1.91. The van der Waals surface area contributed by atoms with E-state index >= 15 is 0 Å². The van der Waals surface area contributed by atoms with Gasteiger partial charge in [-0.3, -0.25) is 4.79 Å². The average Bonchev–Trinajstić information content (AvgIpc) is 2.46. The van der Waals surface area contributed by atoms with Gasteiger partial charge in [-0.1, -0.05) is 49.4 Å². The van der Waals surface area contributed by atoms with Crippen LogP contribution in [0.25, 0.3) is 0 Å². The molecule has 0 aromatic heterocycles. The Bertz CT molecular complexity index is 532. The number of carbonyl (C=O) groups excluding carboxylic acids is 1. The molecule has 0 spiro atoms. The van der Waals surface area contributed by atoms with Crippen molar-refractivity contribution >= 4 is 5.78 Å². The molecule has 2 aromatic carbocycles. The van der Waals surface area contributed by atoms with Crippen LogP contribution in [0.2, 0.25) is 0 Å². The Morgan fingerprint density at radius 3 is 2.44 bits per heavy atom. The lowest BCUT2D eigenvalue weighted by atomic mass is 9.92. The highest BCUT2D eigenvalue weighted by atomic mass is 16.5. The van der Waals surface area contributed by atoms with Gasteiger partial charge in [0.05, 0.1) is 7.11 Å². The Hall–Kier alpha value is -2.09. The minimum atomic E-state index is -0.164. The molecule has 0 saturated heterocycles. The van der Waals surface area contributed by atoms with Crippen LogP contribution in [0.3, 0.4) is 0 Å². The van der Waals surface area contributed by atoms with Crippen LogP contribution < -0.4 is 4.74 Å². The normalized spacial score (nSPS) is 11.9. The van der Waals surface area contributed by atoms with Gasteiger partial charge in [-0.05, 0) is 17.7 Å². The number of carbonyl (C=O) groups is 1. The maximum atomic E-state index is 12.3. The standard InChI is InChI=1S/C16H16O2/c1-12(14-9-6-10-15(11-14)18-2)16(17)13-7-4-3-5-8-13/h3-12H,1-2H3. The largest absolute Gasteiger partial charge is 0.497 e. The zero-order chi connectivity index (χ0) is 13.0. The van der Waals surface area contributed by atoms with E-state index in [4.69, 9.17) is 4.74 Å². The molecule has 0 bridgehead atoms. The van der Waals surface area contributed by atoms with Gasteiger partial charge >= 0.3 is 0 Å². The number of benzene rings is 2. The van der Waals surface area contributed by atoms with Crippen LogP contribution >= 0.6 is 0 Å². The van der Waals surface area contributed by atoms with E-state index in [0.29, 0.717) is 0 Å². The van der Waals surface area contributed by atoms with Gasteiger partial charge in [0.2, 0.25) is 0 Å². The fraction of sp³-hybridized carbons (Fsp3) is 0.188. The molecule has 1 unspecified atom stereocenters. The molecule has 92 valence electrons. The number of hydrogen-bond acceptors (Lipinski definition) is 2. The number of ketones is 1. The quantitative estimate of drug-likeness (QED) is 0.762. The van der Waals surface area contributed by atoms with Gasteiger partial charge < -0.3 is 4.74 Å². The Balaban J connectivity index is 2.25. The van der Waals surface area contributed by atoms with Crippen molar-refractivity contribution in [3.63, 3.8) is 0 Å². The molecular formula is C16H16O2. The van der Waals surface area contributed by atoms with Crippen molar-refractivity contribution in [2.45, 2.75) is 12.8 Å². The predicted octanol–water partition coefficient (Wildman–Crippen LogP) is 3.68. The number of ether oxygens (including phenoxy) is 1. The van der Waals surface area contributed by atoms with Crippen molar-refractivity contribution in [2.24, 2.45) is 0 Å². The first-order chi connectivity index (χ1) is 8.72. The van der Waals surface area contributed by atoms with E-state index in [1.807, 2.05) is 61.5 Å². The summed E-state index contributed by atoms with van der Waals surface area (Å²) in [5, 5.41) is 0. The maximum absolute atomic E-state index is 12.3. The minimum absolute atomic E-state index is 0.129. The van der Waals surface area contributed by atoms with Gasteiger partial charge in [0.25, 0.3) is 0 Å². The molecule has 0 aliphatic heterocycles. The highest BCUT2D eigenvalue weighted by Crippen LogP contribution is 2.23. The van der Waals surface area contributed by atoms with Crippen LogP contribution in [-0.4, -0.2) is 12.9 Å². The van der Waals surface area contributed by atoms with Gasteiger partial charge in [-0.25, -0.2) is 0 Å². The lowest BCUT2D eigenvalue weighted by molar-refractivity contribution is 0.0966. The second kappa shape index (κ2) is 5.50. The minimum Gasteiger partial charge on any atom is -0.497 e. The number of hydrogen-bond donors (Lipinski definition) is 0. The van der Waals surface area contributed by atoms with Crippen LogP contribution in [0.15, 0.2) is 54.6 Å². The second-order valence-electron chi connectivity index (χ2n) is 4.23. The van der Waals surface area contributed by atoms with Crippen LogP contribution in [0.1, 0.15) is 28.8 Å². The molecule has 2 heteroatoms. The van der Waals surface area contributed by atoms with E-state index in [2.05, 4.69) is 0 Å². The molecule has 1 atom stereocenters. The monoisotopic (exact) mass is 240 g/mol. The summed E-state index contributed by atoms with van der Waals surface area (Å²) < 4.78 is 5.18. The topological polar surface area (TPSA) is 26.3 Å². The van der Waals surface area contributed by atoms with Crippen molar-refractivity contribution in [2.75, 3.05) is 7.11 Å². The van der Waals surface area contributed by atoms with Gasteiger partial charge in [-0.15, -0.1) is 0 Å². The third kappa shape index (κ3) is 2.59. The summed E-state index contributed by atoms with van der Waals surface area (Å²) >= 11 is 0. The molecule has 0 heterocycles. The molecule has 2 nitrogen and oxygen atoms in total. The number of Topliss-reactive ketones (excluding diaryl/α,β-unsaturated/α-hetero) is 1. The second-order valence-corrected chi connectivity index (χ2v) is 4.23. The molecule has 2 rings (SSSR count). The van der Waals surface area contributed by atoms with Crippen molar-refractivity contribution in [1.29, 1.82) is 0 Å². The first-order valence-corrected chi connectivity index (χ1v) is 5.95. The predicted molar refractivity (Wildman–Crippen MR) is 72.2 cm³/mol. The zero-order valence-electron chi connectivity index (χ0n) is 10.6. The summed E-state index contributed by atoms with van der Waals surface area (Å²) in [7, 11) is 1.63. The average molecular weight is 240 g/mol. The molecule has 18 heavy (non-hydrogen) atoms. The highest BCUT2D eigenvalue weighted by molar-refractivity contribution is 6.00. The van der Waals surface area contributed by atoms with Gasteiger partial charge in [-0.2, -0.15) is 0 Å². The van der Waals surface area contributed by atoms with E-state index in [9.17, 15) is 4.79 Å². The summed E-state index contributed by atoms with van der Waals surface area (Å²) in [6, 6.07) is 17.0.